The van der Waals surface area contributed by atoms with Crippen molar-refractivity contribution in [3.05, 3.63) is 11.7 Å². The molecule has 21 heavy (non-hydrogen) atoms. The number of aryl methyl sites for hydroxylation is 1. The Bertz CT molecular complexity index is 464. The van der Waals surface area contributed by atoms with Gasteiger partial charge in [-0.3, -0.25) is 0 Å². The van der Waals surface area contributed by atoms with Crippen LogP contribution in [-0.4, -0.2) is 28.8 Å². The van der Waals surface area contributed by atoms with E-state index in [-0.39, 0.29) is 6.03 Å². The molecule has 0 saturated heterocycles. The Labute approximate surface area is 125 Å². The Hall–Kier alpha value is -1.59. The van der Waals surface area contributed by atoms with E-state index in [1.165, 1.54) is 32.1 Å². The number of carbonyl (C=O) groups excluding carboxylic acids is 1. The molecule has 0 aromatic carbocycles. The number of carbonyl (C=O) groups is 1. The summed E-state index contributed by atoms with van der Waals surface area (Å²) in [5.41, 5.74) is 0. The Kier molecular flexibility index (Phi) is 4.72. The van der Waals surface area contributed by atoms with E-state index in [2.05, 4.69) is 20.8 Å². The maximum absolute atomic E-state index is 11.8. The lowest BCUT2D eigenvalue weighted by Gasteiger charge is -2.22. The molecule has 3 rings (SSSR count). The third-order valence-electron chi connectivity index (χ3n) is 4.22. The molecule has 1 aromatic rings. The molecule has 2 aliphatic rings. The zero-order valence-electron chi connectivity index (χ0n) is 12.4. The Morgan fingerprint density at radius 3 is 2.76 bits per heavy atom. The molecule has 2 fully saturated rings. The van der Waals surface area contributed by atoms with Gasteiger partial charge in [0.05, 0.1) is 0 Å². The molecule has 2 saturated carbocycles. The second-order valence-corrected chi connectivity index (χ2v) is 6.16. The zero-order chi connectivity index (χ0) is 14.5. The second kappa shape index (κ2) is 6.91. The van der Waals surface area contributed by atoms with Crippen LogP contribution in [0.3, 0.4) is 0 Å². The zero-order valence-corrected chi connectivity index (χ0v) is 12.4. The highest BCUT2D eigenvalue weighted by atomic mass is 16.5. The van der Waals surface area contributed by atoms with Crippen molar-refractivity contribution >= 4 is 6.03 Å². The predicted molar refractivity (Wildman–Crippen MR) is 78.0 cm³/mol. The summed E-state index contributed by atoms with van der Waals surface area (Å²) in [6.07, 6.45) is 9.89. The summed E-state index contributed by atoms with van der Waals surface area (Å²) < 4.78 is 5.21. The number of urea groups is 1. The average molecular weight is 292 g/mol. The van der Waals surface area contributed by atoms with E-state index in [9.17, 15) is 4.79 Å². The number of hydrogen-bond acceptors (Lipinski definition) is 4. The molecule has 1 heterocycles. The molecule has 116 valence electrons. The van der Waals surface area contributed by atoms with Crippen molar-refractivity contribution in [2.75, 3.05) is 6.54 Å². The highest BCUT2D eigenvalue weighted by Crippen LogP contribution is 2.38. The molecule has 0 aliphatic heterocycles. The first-order valence-corrected chi connectivity index (χ1v) is 8.18. The standard InChI is InChI=1S/C15H24N4O2/c20-15(17-12-5-2-1-3-6-12)16-10-4-7-13-18-14(19-21-13)11-8-9-11/h11-12H,1-10H2,(H2,16,17,20). The van der Waals surface area contributed by atoms with E-state index >= 15 is 0 Å². The monoisotopic (exact) mass is 292 g/mol. The average Bonchev–Trinajstić information content (AvgIpc) is 3.24. The summed E-state index contributed by atoms with van der Waals surface area (Å²) in [5, 5.41) is 9.93. The van der Waals surface area contributed by atoms with Crippen LogP contribution in [0.25, 0.3) is 0 Å². The summed E-state index contributed by atoms with van der Waals surface area (Å²) in [6, 6.07) is 0.307. The van der Waals surface area contributed by atoms with Gasteiger partial charge in [0, 0.05) is 24.9 Å². The Morgan fingerprint density at radius 1 is 1.19 bits per heavy atom. The van der Waals surface area contributed by atoms with Gasteiger partial charge in [-0.05, 0) is 32.1 Å². The van der Waals surface area contributed by atoms with Gasteiger partial charge in [0.1, 0.15) is 0 Å². The number of amides is 2. The predicted octanol–water partition coefficient (Wildman–Crippen LogP) is 2.51. The first-order valence-electron chi connectivity index (χ1n) is 8.18. The summed E-state index contributed by atoms with van der Waals surface area (Å²) in [4.78, 5) is 16.1. The van der Waals surface area contributed by atoms with Crippen molar-refractivity contribution in [2.45, 2.75) is 69.7 Å². The summed E-state index contributed by atoms with van der Waals surface area (Å²) in [7, 11) is 0. The van der Waals surface area contributed by atoms with Crippen LogP contribution in [0.5, 0.6) is 0 Å². The fourth-order valence-electron chi connectivity index (χ4n) is 2.80. The first kappa shape index (κ1) is 14.4. The van der Waals surface area contributed by atoms with Crippen molar-refractivity contribution < 1.29 is 9.32 Å². The third kappa shape index (κ3) is 4.44. The number of hydrogen-bond donors (Lipinski definition) is 2. The second-order valence-electron chi connectivity index (χ2n) is 6.16. The van der Waals surface area contributed by atoms with E-state index < -0.39 is 0 Å². The molecule has 2 N–H and O–H groups in total. The van der Waals surface area contributed by atoms with Crippen LogP contribution < -0.4 is 10.6 Å². The van der Waals surface area contributed by atoms with Gasteiger partial charge in [0.2, 0.25) is 5.89 Å². The van der Waals surface area contributed by atoms with Crippen LogP contribution in [0.2, 0.25) is 0 Å². The first-order chi connectivity index (χ1) is 10.3. The smallest absolute Gasteiger partial charge is 0.315 e. The highest BCUT2D eigenvalue weighted by Gasteiger charge is 2.28. The maximum atomic E-state index is 11.8. The topological polar surface area (TPSA) is 80.1 Å². The number of rotatable bonds is 6. The quantitative estimate of drug-likeness (QED) is 0.789. The van der Waals surface area contributed by atoms with Gasteiger partial charge in [0.25, 0.3) is 0 Å². The van der Waals surface area contributed by atoms with Crippen LogP contribution in [0.15, 0.2) is 4.52 Å². The van der Waals surface area contributed by atoms with Crippen LogP contribution in [0.4, 0.5) is 4.79 Å². The van der Waals surface area contributed by atoms with E-state index in [4.69, 9.17) is 4.52 Å². The van der Waals surface area contributed by atoms with Crippen LogP contribution in [-0.2, 0) is 6.42 Å². The Morgan fingerprint density at radius 2 is 2.00 bits per heavy atom. The van der Waals surface area contributed by atoms with Crippen molar-refractivity contribution in [3.8, 4) is 0 Å². The summed E-state index contributed by atoms with van der Waals surface area (Å²) >= 11 is 0. The van der Waals surface area contributed by atoms with Crippen molar-refractivity contribution in [3.63, 3.8) is 0 Å². The maximum Gasteiger partial charge on any atom is 0.315 e. The van der Waals surface area contributed by atoms with Gasteiger partial charge >= 0.3 is 6.03 Å². The van der Waals surface area contributed by atoms with E-state index in [1.54, 1.807) is 0 Å². The number of aromatic nitrogens is 2. The normalized spacial score (nSPS) is 19.4. The molecule has 0 bridgehead atoms. The van der Waals surface area contributed by atoms with Crippen molar-refractivity contribution in [1.29, 1.82) is 0 Å². The molecule has 0 unspecified atom stereocenters. The fourth-order valence-corrected chi connectivity index (χ4v) is 2.80. The largest absolute Gasteiger partial charge is 0.339 e. The number of nitrogens with one attached hydrogen (secondary N) is 2. The lowest BCUT2D eigenvalue weighted by molar-refractivity contribution is 0.232. The summed E-state index contributed by atoms with van der Waals surface area (Å²) in [6.45, 7) is 0.639. The van der Waals surface area contributed by atoms with Gasteiger partial charge in [0.15, 0.2) is 5.82 Å². The molecule has 0 radical (unpaired) electrons. The highest BCUT2D eigenvalue weighted by molar-refractivity contribution is 5.74. The van der Waals surface area contributed by atoms with Crippen molar-refractivity contribution in [2.24, 2.45) is 0 Å². The summed E-state index contributed by atoms with van der Waals surface area (Å²) in [5.74, 6) is 2.07. The van der Waals surface area contributed by atoms with E-state index in [0.29, 0.717) is 24.4 Å². The molecule has 2 amide bonds. The van der Waals surface area contributed by atoms with Crippen LogP contribution >= 0.6 is 0 Å². The lowest BCUT2D eigenvalue weighted by atomic mass is 9.96. The SMILES string of the molecule is O=C(NCCCc1nc(C2CC2)no1)NC1CCCCC1. The van der Waals surface area contributed by atoms with Crippen molar-refractivity contribution in [1.82, 2.24) is 20.8 Å². The van der Waals surface area contributed by atoms with E-state index in [1.807, 2.05) is 0 Å². The number of nitrogens with zero attached hydrogens (tertiary/aromatic N) is 2. The van der Waals surface area contributed by atoms with Gasteiger partial charge in [-0.25, -0.2) is 4.79 Å². The van der Waals surface area contributed by atoms with Gasteiger partial charge in [-0.15, -0.1) is 0 Å². The molecular formula is C15H24N4O2. The van der Waals surface area contributed by atoms with E-state index in [0.717, 1.165) is 31.5 Å². The third-order valence-corrected chi connectivity index (χ3v) is 4.22. The molecule has 1 aromatic heterocycles. The van der Waals surface area contributed by atoms with Crippen LogP contribution in [0.1, 0.15) is 69.0 Å². The van der Waals surface area contributed by atoms with Gasteiger partial charge in [-0.2, -0.15) is 4.98 Å². The van der Waals surface area contributed by atoms with Gasteiger partial charge in [-0.1, -0.05) is 24.4 Å². The fraction of sp³-hybridized carbons (Fsp3) is 0.800. The molecular weight excluding hydrogens is 268 g/mol. The molecule has 0 atom stereocenters. The molecule has 0 spiro atoms. The van der Waals surface area contributed by atoms with Crippen LogP contribution in [0, 0.1) is 0 Å². The molecule has 6 heteroatoms. The molecule has 6 nitrogen and oxygen atoms in total. The minimum Gasteiger partial charge on any atom is -0.339 e. The van der Waals surface area contributed by atoms with Gasteiger partial charge < -0.3 is 15.2 Å². The lowest BCUT2D eigenvalue weighted by Crippen LogP contribution is -2.43. The minimum absolute atomic E-state index is 0.0499. The Balaban J connectivity index is 1.29. The molecule has 2 aliphatic carbocycles. The minimum atomic E-state index is -0.0499.